The summed E-state index contributed by atoms with van der Waals surface area (Å²) in [6.45, 7) is 6.92. The molecule has 1 aliphatic heterocycles. The van der Waals surface area contributed by atoms with E-state index in [2.05, 4.69) is 39.4 Å². The van der Waals surface area contributed by atoms with Crippen LogP contribution in [0.25, 0.3) is 0 Å². The van der Waals surface area contributed by atoms with Crippen LogP contribution in [0.5, 0.6) is 0 Å². The molecule has 1 atom stereocenters. The molecule has 0 saturated carbocycles. The van der Waals surface area contributed by atoms with Gasteiger partial charge >= 0.3 is 0 Å². The summed E-state index contributed by atoms with van der Waals surface area (Å²) >= 11 is 0. The van der Waals surface area contributed by atoms with E-state index < -0.39 is 5.60 Å². The van der Waals surface area contributed by atoms with Gasteiger partial charge in [-0.3, -0.25) is 4.90 Å². The Morgan fingerprint density at radius 3 is 2.56 bits per heavy atom. The van der Waals surface area contributed by atoms with E-state index >= 15 is 0 Å². The van der Waals surface area contributed by atoms with E-state index in [0.717, 1.165) is 38.3 Å². The third-order valence-corrected chi connectivity index (χ3v) is 5.07. The second-order valence-electron chi connectivity index (χ2n) is 8.00. The van der Waals surface area contributed by atoms with Crippen LogP contribution in [-0.2, 0) is 20.0 Å². The Bertz CT molecular complexity index is 672. The van der Waals surface area contributed by atoms with Crippen LogP contribution < -0.4 is 0 Å². The van der Waals surface area contributed by atoms with Crippen molar-refractivity contribution in [2.75, 3.05) is 13.1 Å². The third kappa shape index (κ3) is 5.13. The van der Waals surface area contributed by atoms with Crippen LogP contribution in [-0.4, -0.2) is 43.5 Å². The minimum Gasteiger partial charge on any atom is -0.390 e. The Labute approximate surface area is 150 Å². The topological polar surface area (TPSA) is 54.2 Å². The first-order valence-electron chi connectivity index (χ1n) is 9.27. The number of likely N-dealkylation sites (tertiary alicyclic amines) is 1. The lowest BCUT2D eigenvalue weighted by Crippen LogP contribution is -2.34. The summed E-state index contributed by atoms with van der Waals surface area (Å²) in [5, 5.41) is 18.2. The fourth-order valence-corrected chi connectivity index (χ4v) is 3.59. The van der Waals surface area contributed by atoms with Crippen molar-refractivity contribution in [1.82, 2.24) is 19.7 Å². The maximum absolute atomic E-state index is 9.85. The number of hydrogen-bond donors (Lipinski definition) is 1. The van der Waals surface area contributed by atoms with Crippen molar-refractivity contribution in [2.24, 2.45) is 7.05 Å². The van der Waals surface area contributed by atoms with Crippen molar-refractivity contribution in [1.29, 1.82) is 0 Å². The lowest BCUT2D eigenvalue weighted by atomic mass is 9.96. The number of aliphatic hydroxyl groups is 1. The molecule has 0 spiro atoms. The lowest BCUT2D eigenvalue weighted by Gasteiger charge is -2.32. The van der Waals surface area contributed by atoms with Crippen molar-refractivity contribution >= 4 is 0 Å². The zero-order chi connectivity index (χ0) is 17.9. The van der Waals surface area contributed by atoms with Crippen LogP contribution >= 0.6 is 0 Å². The molecule has 1 aromatic carbocycles. The second-order valence-corrected chi connectivity index (χ2v) is 8.00. The van der Waals surface area contributed by atoms with Crippen molar-refractivity contribution in [3.63, 3.8) is 0 Å². The Balaban J connectivity index is 1.56. The summed E-state index contributed by atoms with van der Waals surface area (Å²) in [7, 11) is 2.03. The lowest BCUT2D eigenvalue weighted by molar-refractivity contribution is 0.0714. The van der Waals surface area contributed by atoms with Gasteiger partial charge in [0.05, 0.1) is 5.60 Å². The number of aromatic nitrogens is 3. The van der Waals surface area contributed by atoms with Crippen molar-refractivity contribution < 1.29 is 5.11 Å². The molecule has 2 aromatic rings. The first-order chi connectivity index (χ1) is 11.9. The minimum absolute atomic E-state index is 0.479. The molecule has 0 radical (unpaired) electrons. The van der Waals surface area contributed by atoms with Crippen LogP contribution in [0, 0.1) is 0 Å². The number of nitrogens with zero attached hydrogens (tertiary/aromatic N) is 4. The molecule has 5 heteroatoms. The Morgan fingerprint density at radius 1 is 1.20 bits per heavy atom. The molecule has 0 amide bonds. The van der Waals surface area contributed by atoms with Crippen LogP contribution in [0.2, 0.25) is 0 Å². The van der Waals surface area contributed by atoms with Gasteiger partial charge in [-0.05, 0) is 57.2 Å². The summed E-state index contributed by atoms with van der Waals surface area (Å²) < 4.78 is 2.05. The quantitative estimate of drug-likeness (QED) is 0.877. The molecule has 25 heavy (non-hydrogen) atoms. The zero-order valence-corrected chi connectivity index (χ0v) is 15.6. The summed E-state index contributed by atoms with van der Waals surface area (Å²) in [5.74, 6) is 1.58. The van der Waals surface area contributed by atoms with Crippen molar-refractivity contribution in [2.45, 2.75) is 57.6 Å². The standard InChI is InChI=1S/C20H30N4O/c1-20(2,25)11-10-16-6-8-17(9-7-16)13-24-12-4-5-18(14-24)19-22-21-15-23(19)3/h6-9,15,18,25H,4-5,10-14H2,1-3H3. The minimum atomic E-state index is -0.596. The maximum Gasteiger partial charge on any atom is 0.136 e. The number of aryl methyl sites for hydroxylation is 2. The highest BCUT2D eigenvalue weighted by atomic mass is 16.3. The molecule has 1 unspecified atom stereocenters. The van der Waals surface area contributed by atoms with E-state index in [1.54, 1.807) is 6.33 Å². The predicted octanol–water partition coefficient (Wildman–Crippen LogP) is 2.90. The van der Waals surface area contributed by atoms with E-state index in [1.165, 1.54) is 24.0 Å². The monoisotopic (exact) mass is 342 g/mol. The van der Waals surface area contributed by atoms with Gasteiger partial charge in [0, 0.05) is 26.1 Å². The number of piperidine rings is 1. The normalized spacial score (nSPS) is 19.3. The van der Waals surface area contributed by atoms with E-state index in [-0.39, 0.29) is 0 Å². The molecule has 2 heterocycles. The first-order valence-corrected chi connectivity index (χ1v) is 9.27. The van der Waals surface area contributed by atoms with Crippen LogP contribution in [0.4, 0.5) is 0 Å². The molecule has 0 aliphatic carbocycles. The fraction of sp³-hybridized carbons (Fsp3) is 0.600. The number of rotatable bonds is 6. The molecule has 136 valence electrons. The molecular formula is C20H30N4O. The van der Waals surface area contributed by atoms with E-state index in [4.69, 9.17) is 0 Å². The molecule has 0 bridgehead atoms. The summed E-state index contributed by atoms with van der Waals surface area (Å²) in [4.78, 5) is 2.52. The summed E-state index contributed by atoms with van der Waals surface area (Å²) in [5.41, 5.74) is 2.05. The van der Waals surface area contributed by atoms with Crippen LogP contribution in [0.1, 0.15) is 56.0 Å². The molecule has 5 nitrogen and oxygen atoms in total. The van der Waals surface area contributed by atoms with E-state index in [0.29, 0.717) is 5.92 Å². The van der Waals surface area contributed by atoms with Gasteiger partial charge in [0.15, 0.2) is 0 Å². The average molecular weight is 342 g/mol. The highest BCUT2D eigenvalue weighted by molar-refractivity contribution is 5.23. The van der Waals surface area contributed by atoms with Crippen LogP contribution in [0.15, 0.2) is 30.6 Å². The molecule has 3 rings (SSSR count). The van der Waals surface area contributed by atoms with Gasteiger partial charge in [0.1, 0.15) is 12.2 Å². The highest BCUT2D eigenvalue weighted by Crippen LogP contribution is 2.26. The molecule has 1 saturated heterocycles. The van der Waals surface area contributed by atoms with Crippen LogP contribution in [0.3, 0.4) is 0 Å². The smallest absolute Gasteiger partial charge is 0.136 e. The Hall–Kier alpha value is -1.72. The van der Waals surface area contributed by atoms with E-state index in [1.807, 2.05) is 25.5 Å². The Morgan fingerprint density at radius 2 is 1.92 bits per heavy atom. The van der Waals surface area contributed by atoms with Gasteiger partial charge in [-0.25, -0.2) is 0 Å². The average Bonchev–Trinajstić information content (AvgIpc) is 3.00. The van der Waals surface area contributed by atoms with Gasteiger partial charge in [-0.15, -0.1) is 10.2 Å². The van der Waals surface area contributed by atoms with Gasteiger partial charge in [-0.1, -0.05) is 24.3 Å². The molecule has 1 aromatic heterocycles. The number of benzene rings is 1. The zero-order valence-electron chi connectivity index (χ0n) is 15.6. The molecule has 1 fully saturated rings. The maximum atomic E-state index is 9.85. The third-order valence-electron chi connectivity index (χ3n) is 5.07. The molecule has 1 aliphatic rings. The van der Waals surface area contributed by atoms with Gasteiger partial charge in [0.25, 0.3) is 0 Å². The largest absolute Gasteiger partial charge is 0.390 e. The van der Waals surface area contributed by atoms with E-state index in [9.17, 15) is 5.11 Å². The molecule has 1 N–H and O–H groups in total. The highest BCUT2D eigenvalue weighted by Gasteiger charge is 2.24. The van der Waals surface area contributed by atoms with Crippen molar-refractivity contribution in [3.05, 3.63) is 47.5 Å². The van der Waals surface area contributed by atoms with Crippen molar-refractivity contribution in [3.8, 4) is 0 Å². The number of hydrogen-bond acceptors (Lipinski definition) is 4. The second kappa shape index (κ2) is 7.67. The molecular weight excluding hydrogens is 312 g/mol. The predicted molar refractivity (Wildman–Crippen MR) is 99.3 cm³/mol. The fourth-order valence-electron chi connectivity index (χ4n) is 3.59. The van der Waals surface area contributed by atoms with Gasteiger partial charge in [-0.2, -0.15) is 0 Å². The Kier molecular flexibility index (Phi) is 5.54. The summed E-state index contributed by atoms with van der Waals surface area (Å²) in [6, 6.07) is 8.85. The van der Waals surface area contributed by atoms with Gasteiger partial charge in [0.2, 0.25) is 0 Å². The summed E-state index contributed by atoms with van der Waals surface area (Å²) in [6.07, 6.45) is 5.90. The SMILES string of the molecule is Cn1cnnc1C1CCCN(Cc2ccc(CCC(C)(C)O)cc2)C1. The first kappa shape index (κ1) is 18.1. The van der Waals surface area contributed by atoms with Gasteiger partial charge < -0.3 is 9.67 Å².